The third-order valence-electron chi connectivity index (χ3n) is 5.05. The molecule has 0 bridgehead atoms. The van der Waals surface area contributed by atoms with Crippen LogP contribution >= 0.6 is 0 Å². The number of nitrogens with zero attached hydrogens (tertiary/aromatic N) is 6. The van der Waals surface area contributed by atoms with E-state index in [-0.39, 0.29) is 23.4 Å². The summed E-state index contributed by atoms with van der Waals surface area (Å²) in [6, 6.07) is 0. The number of aryl methyl sites for hydroxylation is 2. The Morgan fingerprint density at radius 3 is 1.84 bits per heavy atom. The molecule has 0 amide bonds. The molecule has 0 spiro atoms. The van der Waals surface area contributed by atoms with Crippen molar-refractivity contribution < 1.29 is 9.59 Å². The Hall–Kier alpha value is -2.38. The van der Waals surface area contributed by atoms with Crippen LogP contribution in [-0.2, 0) is 35.5 Å². The molecular formula is C24H42N6O2. The predicted octanol–water partition coefficient (Wildman–Crippen LogP) is 4.18. The van der Waals surface area contributed by atoms with Crippen molar-refractivity contribution in [2.75, 3.05) is 0 Å². The lowest BCUT2D eigenvalue weighted by Gasteiger charge is -2.03. The highest BCUT2D eigenvalue weighted by molar-refractivity contribution is 5.82. The maximum absolute atomic E-state index is 11.5. The highest BCUT2D eigenvalue weighted by atomic mass is 16.1. The largest absolute Gasteiger partial charge is 0.299 e. The summed E-state index contributed by atoms with van der Waals surface area (Å²) in [6.07, 6.45) is 7.29. The van der Waals surface area contributed by atoms with Crippen LogP contribution < -0.4 is 0 Å². The second-order valence-corrected chi connectivity index (χ2v) is 9.91. The second kappa shape index (κ2) is 13.9. The number of rotatable bonds is 12. The Labute approximate surface area is 193 Å². The number of aromatic nitrogens is 6. The van der Waals surface area contributed by atoms with Crippen LogP contribution in [0, 0.1) is 23.7 Å². The minimum Gasteiger partial charge on any atom is -0.299 e. The third kappa shape index (κ3) is 11.3. The van der Waals surface area contributed by atoms with E-state index >= 15 is 0 Å². The van der Waals surface area contributed by atoms with Gasteiger partial charge in [-0.15, -0.1) is 10.2 Å². The van der Waals surface area contributed by atoms with E-state index in [9.17, 15) is 9.59 Å². The smallest absolute Gasteiger partial charge is 0.156 e. The molecule has 0 aliphatic rings. The van der Waals surface area contributed by atoms with Gasteiger partial charge in [0.15, 0.2) is 5.78 Å². The molecule has 0 atom stereocenters. The van der Waals surface area contributed by atoms with Crippen molar-refractivity contribution in [1.29, 1.82) is 0 Å². The highest BCUT2D eigenvalue weighted by Gasteiger charge is 2.11. The van der Waals surface area contributed by atoms with Crippen LogP contribution in [0.2, 0.25) is 0 Å². The van der Waals surface area contributed by atoms with Crippen molar-refractivity contribution in [1.82, 2.24) is 30.0 Å². The molecule has 0 aliphatic carbocycles. The maximum Gasteiger partial charge on any atom is 0.156 e. The van der Waals surface area contributed by atoms with Crippen molar-refractivity contribution in [3.05, 3.63) is 23.8 Å². The van der Waals surface area contributed by atoms with Gasteiger partial charge in [0.2, 0.25) is 0 Å². The molecule has 8 nitrogen and oxygen atoms in total. The van der Waals surface area contributed by atoms with E-state index in [0.717, 1.165) is 37.2 Å². The zero-order chi connectivity index (χ0) is 24.3. The van der Waals surface area contributed by atoms with Crippen LogP contribution in [-0.4, -0.2) is 41.6 Å². The first-order chi connectivity index (χ1) is 15.0. The molecular weight excluding hydrogens is 404 g/mol. The first-order valence-corrected chi connectivity index (χ1v) is 11.8. The fourth-order valence-corrected chi connectivity index (χ4v) is 2.61. The van der Waals surface area contributed by atoms with E-state index in [1.807, 2.05) is 44.8 Å². The molecule has 2 aromatic rings. The Morgan fingerprint density at radius 1 is 0.750 bits per heavy atom. The van der Waals surface area contributed by atoms with Crippen LogP contribution in [0.15, 0.2) is 12.4 Å². The fourth-order valence-electron chi connectivity index (χ4n) is 2.61. The Kier molecular flexibility index (Phi) is 12.0. The Bertz CT molecular complexity index is 752. The minimum absolute atomic E-state index is 0.0586. The van der Waals surface area contributed by atoms with E-state index < -0.39 is 0 Å². The van der Waals surface area contributed by atoms with E-state index in [1.165, 1.54) is 0 Å². The summed E-state index contributed by atoms with van der Waals surface area (Å²) in [7, 11) is 0. The zero-order valence-electron chi connectivity index (χ0n) is 21.2. The minimum atomic E-state index is 0.0586. The molecule has 0 fully saturated rings. The summed E-state index contributed by atoms with van der Waals surface area (Å²) in [6.45, 7) is 17.6. The van der Waals surface area contributed by atoms with Gasteiger partial charge in [0.1, 0.15) is 12.3 Å². The molecule has 0 saturated heterocycles. The SMILES string of the molecule is CC(C)CCc1cn(CC(=O)C(C)C)nn1.CC(C)CCn1cc(CC(=O)C(C)C)nn1. The average molecular weight is 447 g/mol. The van der Waals surface area contributed by atoms with E-state index in [4.69, 9.17) is 0 Å². The van der Waals surface area contributed by atoms with Gasteiger partial charge in [0.25, 0.3) is 0 Å². The standard InChI is InChI=1S/2C12H21N3O/c1-9(2)5-6-15-8-11(13-14-15)7-12(16)10(3)4;1-9(2)5-6-11-7-15(14-13-11)8-12(16)10(3)4/h8-10H,5-7H2,1-4H3;7,9-10H,5-6,8H2,1-4H3. The van der Waals surface area contributed by atoms with Crippen molar-refractivity contribution in [2.24, 2.45) is 23.7 Å². The quantitative estimate of drug-likeness (QED) is 0.485. The van der Waals surface area contributed by atoms with E-state index in [1.54, 1.807) is 4.68 Å². The highest BCUT2D eigenvalue weighted by Crippen LogP contribution is 2.07. The van der Waals surface area contributed by atoms with Gasteiger partial charge in [-0.25, -0.2) is 4.68 Å². The first kappa shape index (κ1) is 27.7. The van der Waals surface area contributed by atoms with Crippen molar-refractivity contribution in [2.45, 2.75) is 94.2 Å². The van der Waals surface area contributed by atoms with Crippen molar-refractivity contribution >= 4 is 11.6 Å². The molecule has 8 heteroatoms. The number of hydrogen-bond donors (Lipinski definition) is 0. The van der Waals surface area contributed by atoms with Crippen LogP contribution in [0.5, 0.6) is 0 Å². The van der Waals surface area contributed by atoms with Gasteiger partial charge in [-0.2, -0.15) is 0 Å². The first-order valence-electron chi connectivity index (χ1n) is 11.8. The van der Waals surface area contributed by atoms with Gasteiger partial charge in [-0.3, -0.25) is 14.3 Å². The van der Waals surface area contributed by atoms with Gasteiger partial charge < -0.3 is 0 Å². The molecule has 0 aliphatic heterocycles. The van der Waals surface area contributed by atoms with Crippen LogP contribution in [0.1, 0.15) is 79.6 Å². The molecule has 180 valence electrons. The number of Topliss-reactive ketones (excluding diaryl/α,β-unsaturated/α-hetero) is 2. The number of ketones is 2. The predicted molar refractivity (Wildman–Crippen MR) is 126 cm³/mol. The van der Waals surface area contributed by atoms with Gasteiger partial charge in [-0.05, 0) is 31.1 Å². The lowest BCUT2D eigenvalue weighted by molar-refractivity contribution is -0.123. The topological polar surface area (TPSA) is 95.6 Å². The van der Waals surface area contributed by atoms with Crippen LogP contribution in [0.4, 0.5) is 0 Å². The molecule has 2 heterocycles. The molecule has 0 aromatic carbocycles. The molecule has 2 aromatic heterocycles. The third-order valence-corrected chi connectivity index (χ3v) is 5.05. The normalized spacial score (nSPS) is 11.4. The van der Waals surface area contributed by atoms with Gasteiger partial charge >= 0.3 is 0 Å². The van der Waals surface area contributed by atoms with Crippen molar-refractivity contribution in [3.8, 4) is 0 Å². The van der Waals surface area contributed by atoms with Gasteiger partial charge in [0.05, 0.1) is 17.8 Å². The zero-order valence-corrected chi connectivity index (χ0v) is 21.2. The molecule has 0 saturated carbocycles. The van der Waals surface area contributed by atoms with E-state index in [2.05, 4.69) is 48.3 Å². The Balaban J connectivity index is 0.000000320. The van der Waals surface area contributed by atoms with Crippen LogP contribution in [0.25, 0.3) is 0 Å². The summed E-state index contributed by atoms with van der Waals surface area (Å²) >= 11 is 0. The summed E-state index contributed by atoms with van der Waals surface area (Å²) in [5.74, 6) is 1.87. The Morgan fingerprint density at radius 2 is 1.28 bits per heavy atom. The molecule has 0 N–H and O–H groups in total. The summed E-state index contributed by atoms with van der Waals surface area (Å²) in [5, 5.41) is 16.0. The summed E-state index contributed by atoms with van der Waals surface area (Å²) in [4.78, 5) is 23.0. The number of carbonyl (C=O) groups is 2. The average Bonchev–Trinajstić information content (AvgIpc) is 3.34. The van der Waals surface area contributed by atoms with E-state index in [0.29, 0.717) is 24.8 Å². The monoisotopic (exact) mass is 446 g/mol. The van der Waals surface area contributed by atoms with Gasteiger partial charge in [0, 0.05) is 30.8 Å². The summed E-state index contributed by atoms with van der Waals surface area (Å²) in [5.41, 5.74) is 1.76. The second-order valence-electron chi connectivity index (χ2n) is 9.91. The molecule has 2 rings (SSSR count). The lowest BCUT2D eigenvalue weighted by Crippen LogP contribution is -2.15. The fraction of sp³-hybridized carbons (Fsp3) is 0.750. The molecule has 0 unspecified atom stereocenters. The lowest BCUT2D eigenvalue weighted by atomic mass is 10.1. The molecule has 32 heavy (non-hydrogen) atoms. The number of carbonyl (C=O) groups excluding carboxylic acids is 2. The van der Waals surface area contributed by atoms with Crippen LogP contribution in [0.3, 0.4) is 0 Å². The maximum atomic E-state index is 11.5. The van der Waals surface area contributed by atoms with Gasteiger partial charge in [-0.1, -0.05) is 65.8 Å². The summed E-state index contributed by atoms with van der Waals surface area (Å²) < 4.78 is 3.46. The van der Waals surface area contributed by atoms with Crippen molar-refractivity contribution in [3.63, 3.8) is 0 Å². The number of hydrogen-bond acceptors (Lipinski definition) is 6. The molecule has 0 radical (unpaired) electrons.